The van der Waals surface area contributed by atoms with Crippen LogP contribution in [0.15, 0.2) is 0 Å². The van der Waals surface area contributed by atoms with Crippen molar-refractivity contribution in [3.63, 3.8) is 0 Å². The van der Waals surface area contributed by atoms with Gasteiger partial charge in [0, 0.05) is 19.0 Å². The summed E-state index contributed by atoms with van der Waals surface area (Å²) in [7, 11) is 0. The molecule has 0 heterocycles. The standard InChI is InChI=1S/C12H27N3O/c1-9(2)11(7-13)8-14-5-6-15-12(16)10(3)4/h9-11,14H,5-8,13H2,1-4H3,(H,15,16). The van der Waals surface area contributed by atoms with Crippen LogP contribution in [0.1, 0.15) is 27.7 Å². The second-order valence-electron chi connectivity index (χ2n) is 4.89. The van der Waals surface area contributed by atoms with Crippen molar-refractivity contribution in [1.29, 1.82) is 0 Å². The van der Waals surface area contributed by atoms with E-state index >= 15 is 0 Å². The molecule has 4 N–H and O–H groups in total. The Morgan fingerprint density at radius 3 is 2.25 bits per heavy atom. The van der Waals surface area contributed by atoms with Gasteiger partial charge in [-0.3, -0.25) is 4.79 Å². The highest BCUT2D eigenvalue weighted by atomic mass is 16.1. The van der Waals surface area contributed by atoms with E-state index in [0.717, 1.165) is 13.1 Å². The number of nitrogens with one attached hydrogen (secondary N) is 2. The first kappa shape index (κ1) is 15.4. The van der Waals surface area contributed by atoms with Crippen LogP contribution in [-0.4, -0.2) is 32.1 Å². The van der Waals surface area contributed by atoms with Crippen molar-refractivity contribution < 1.29 is 4.79 Å². The number of nitrogens with two attached hydrogens (primary N) is 1. The lowest BCUT2D eigenvalue weighted by Crippen LogP contribution is -2.37. The maximum atomic E-state index is 11.2. The molecule has 0 fully saturated rings. The van der Waals surface area contributed by atoms with E-state index in [4.69, 9.17) is 5.73 Å². The molecule has 0 spiro atoms. The Hall–Kier alpha value is -0.610. The molecule has 0 aromatic rings. The molecule has 4 nitrogen and oxygen atoms in total. The minimum absolute atomic E-state index is 0.0625. The van der Waals surface area contributed by atoms with Gasteiger partial charge in [0.25, 0.3) is 0 Å². The van der Waals surface area contributed by atoms with Crippen LogP contribution < -0.4 is 16.4 Å². The fourth-order valence-electron chi connectivity index (χ4n) is 1.36. The van der Waals surface area contributed by atoms with Crippen molar-refractivity contribution in [2.45, 2.75) is 27.7 Å². The average molecular weight is 229 g/mol. The van der Waals surface area contributed by atoms with Crippen LogP contribution in [-0.2, 0) is 4.79 Å². The highest BCUT2D eigenvalue weighted by Crippen LogP contribution is 2.06. The normalized spacial score (nSPS) is 13.2. The smallest absolute Gasteiger partial charge is 0.222 e. The number of rotatable bonds is 8. The molecular weight excluding hydrogens is 202 g/mol. The molecule has 1 atom stereocenters. The fourth-order valence-corrected chi connectivity index (χ4v) is 1.36. The molecule has 0 aliphatic heterocycles. The quantitative estimate of drug-likeness (QED) is 0.533. The molecule has 96 valence electrons. The van der Waals surface area contributed by atoms with Crippen molar-refractivity contribution in [3.8, 4) is 0 Å². The van der Waals surface area contributed by atoms with Crippen LogP contribution in [0.5, 0.6) is 0 Å². The summed E-state index contributed by atoms with van der Waals surface area (Å²) in [6, 6.07) is 0. The molecule has 0 radical (unpaired) electrons. The van der Waals surface area contributed by atoms with E-state index in [-0.39, 0.29) is 11.8 Å². The van der Waals surface area contributed by atoms with E-state index in [2.05, 4.69) is 24.5 Å². The third-order valence-corrected chi connectivity index (χ3v) is 2.78. The Balaban J connectivity index is 3.49. The zero-order valence-electron chi connectivity index (χ0n) is 11.0. The van der Waals surface area contributed by atoms with Gasteiger partial charge in [0.15, 0.2) is 0 Å². The van der Waals surface area contributed by atoms with E-state index < -0.39 is 0 Å². The summed E-state index contributed by atoms with van der Waals surface area (Å²) in [6.45, 7) is 11.3. The summed E-state index contributed by atoms with van der Waals surface area (Å²) < 4.78 is 0. The molecule has 0 rings (SSSR count). The molecule has 0 aromatic heterocycles. The van der Waals surface area contributed by atoms with E-state index in [1.165, 1.54) is 0 Å². The van der Waals surface area contributed by atoms with Crippen molar-refractivity contribution in [2.24, 2.45) is 23.5 Å². The Bertz CT molecular complexity index is 193. The molecule has 0 aliphatic rings. The molecule has 0 aliphatic carbocycles. The van der Waals surface area contributed by atoms with Crippen LogP contribution in [0, 0.1) is 17.8 Å². The Morgan fingerprint density at radius 1 is 1.19 bits per heavy atom. The Labute approximate surface area is 99.4 Å². The summed E-state index contributed by atoms with van der Waals surface area (Å²) in [5.41, 5.74) is 5.67. The first-order valence-corrected chi connectivity index (χ1v) is 6.17. The number of hydrogen-bond acceptors (Lipinski definition) is 3. The van der Waals surface area contributed by atoms with Gasteiger partial charge in [-0.05, 0) is 24.9 Å². The molecule has 0 bridgehead atoms. The third kappa shape index (κ3) is 6.80. The second-order valence-corrected chi connectivity index (χ2v) is 4.89. The van der Waals surface area contributed by atoms with Crippen molar-refractivity contribution in [3.05, 3.63) is 0 Å². The number of carbonyl (C=O) groups excluding carboxylic acids is 1. The van der Waals surface area contributed by atoms with Gasteiger partial charge in [-0.1, -0.05) is 27.7 Å². The third-order valence-electron chi connectivity index (χ3n) is 2.78. The van der Waals surface area contributed by atoms with Crippen LogP contribution >= 0.6 is 0 Å². The topological polar surface area (TPSA) is 67.2 Å². The zero-order valence-corrected chi connectivity index (χ0v) is 11.0. The van der Waals surface area contributed by atoms with Crippen LogP contribution in [0.2, 0.25) is 0 Å². The molecule has 1 amide bonds. The number of carbonyl (C=O) groups is 1. The first-order valence-electron chi connectivity index (χ1n) is 6.17. The van der Waals surface area contributed by atoms with Gasteiger partial charge >= 0.3 is 0 Å². The summed E-state index contributed by atoms with van der Waals surface area (Å²) in [5.74, 6) is 1.29. The van der Waals surface area contributed by atoms with E-state index in [1.807, 2.05) is 13.8 Å². The average Bonchev–Trinajstić information content (AvgIpc) is 2.22. The largest absolute Gasteiger partial charge is 0.355 e. The number of hydrogen-bond donors (Lipinski definition) is 3. The van der Waals surface area contributed by atoms with Gasteiger partial charge in [-0.2, -0.15) is 0 Å². The molecule has 0 aromatic carbocycles. The lowest BCUT2D eigenvalue weighted by Gasteiger charge is -2.19. The Kier molecular flexibility index (Phi) is 8.21. The second kappa shape index (κ2) is 8.53. The lowest BCUT2D eigenvalue weighted by atomic mass is 9.96. The summed E-state index contributed by atoms with van der Waals surface area (Å²) >= 11 is 0. The Morgan fingerprint density at radius 2 is 1.81 bits per heavy atom. The lowest BCUT2D eigenvalue weighted by molar-refractivity contribution is -0.123. The van der Waals surface area contributed by atoms with E-state index in [9.17, 15) is 4.79 Å². The molecule has 4 heteroatoms. The SMILES string of the molecule is CC(C)C(=O)NCCNCC(CN)C(C)C. The van der Waals surface area contributed by atoms with Crippen LogP contribution in [0.3, 0.4) is 0 Å². The summed E-state index contributed by atoms with van der Waals surface area (Å²) in [4.78, 5) is 11.2. The maximum Gasteiger partial charge on any atom is 0.222 e. The van der Waals surface area contributed by atoms with Gasteiger partial charge in [0.2, 0.25) is 5.91 Å². The van der Waals surface area contributed by atoms with Crippen molar-refractivity contribution in [2.75, 3.05) is 26.2 Å². The summed E-state index contributed by atoms with van der Waals surface area (Å²) in [5, 5.41) is 6.19. The van der Waals surface area contributed by atoms with Crippen LogP contribution in [0.4, 0.5) is 0 Å². The van der Waals surface area contributed by atoms with Gasteiger partial charge in [0.05, 0.1) is 0 Å². The van der Waals surface area contributed by atoms with Crippen LogP contribution in [0.25, 0.3) is 0 Å². The predicted molar refractivity (Wildman–Crippen MR) is 68.1 cm³/mol. The molecule has 16 heavy (non-hydrogen) atoms. The number of amides is 1. The van der Waals surface area contributed by atoms with Gasteiger partial charge < -0.3 is 16.4 Å². The summed E-state index contributed by atoms with van der Waals surface area (Å²) in [6.07, 6.45) is 0. The minimum atomic E-state index is 0.0625. The monoisotopic (exact) mass is 229 g/mol. The highest BCUT2D eigenvalue weighted by molar-refractivity contribution is 5.77. The van der Waals surface area contributed by atoms with E-state index in [1.54, 1.807) is 0 Å². The molecular formula is C12H27N3O. The molecule has 0 saturated heterocycles. The molecule has 0 saturated carbocycles. The highest BCUT2D eigenvalue weighted by Gasteiger charge is 2.10. The van der Waals surface area contributed by atoms with Gasteiger partial charge in [0.1, 0.15) is 0 Å². The van der Waals surface area contributed by atoms with Gasteiger partial charge in [-0.25, -0.2) is 0 Å². The first-order chi connectivity index (χ1) is 7.49. The predicted octanol–water partition coefficient (Wildman–Crippen LogP) is 0.579. The zero-order chi connectivity index (χ0) is 12.6. The fraction of sp³-hybridized carbons (Fsp3) is 0.917. The molecule has 1 unspecified atom stereocenters. The minimum Gasteiger partial charge on any atom is -0.355 e. The van der Waals surface area contributed by atoms with Gasteiger partial charge in [-0.15, -0.1) is 0 Å². The van der Waals surface area contributed by atoms with E-state index in [0.29, 0.717) is 24.9 Å². The van der Waals surface area contributed by atoms with Crippen molar-refractivity contribution in [1.82, 2.24) is 10.6 Å². The maximum absolute atomic E-state index is 11.2. The van der Waals surface area contributed by atoms with Crippen molar-refractivity contribution >= 4 is 5.91 Å².